The van der Waals surface area contributed by atoms with E-state index in [2.05, 4.69) is 51.2 Å². The molecule has 0 fully saturated rings. The summed E-state index contributed by atoms with van der Waals surface area (Å²) in [5.41, 5.74) is 1.65. The first-order valence-corrected chi connectivity index (χ1v) is 6.43. The van der Waals surface area contributed by atoms with Gasteiger partial charge in [0.1, 0.15) is 5.75 Å². The highest BCUT2D eigenvalue weighted by Crippen LogP contribution is 2.33. The maximum absolute atomic E-state index is 5.69. The highest BCUT2D eigenvalue weighted by molar-refractivity contribution is 5.39. The Hall–Kier alpha value is -1.02. The van der Waals surface area contributed by atoms with Crippen LogP contribution in [0.1, 0.15) is 39.2 Å². The molecule has 1 aliphatic rings. The second-order valence-corrected chi connectivity index (χ2v) is 6.04. The van der Waals surface area contributed by atoms with Gasteiger partial charge in [-0.15, -0.1) is 0 Å². The van der Waals surface area contributed by atoms with E-state index in [1.54, 1.807) is 0 Å². The van der Waals surface area contributed by atoms with Crippen molar-refractivity contribution in [2.24, 2.45) is 5.41 Å². The molecule has 17 heavy (non-hydrogen) atoms. The van der Waals surface area contributed by atoms with Gasteiger partial charge in [0.25, 0.3) is 0 Å². The molecule has 2 rings (SSSR count). The van der Waals surface area contributed by atoms with Gasteiger partial charge in [0.2, 0.25) is 0 Å². The van der Waals surface area contributed by atoms with E-state index in [0.29, 0.717) is 17.4 Å². The molecule has 2 nitrogen and oxygen atoms in total. The van der Waals surface area contributed by atoms with Crippen molar-refractivity contribution in [3.05, 3.63) is 29.8 Å². The first-order valence-electron chi connectivity index (χ1n) is 6.43. The molecule has 0 amide bonds. The number of para-hydroxylation sites is 1. The van der Waals surface area contributed by atoms with Crippen LogP contribution in [0.15, 0.2) is 24.3 Å². The van der Waals surface area contributed by atoms with E-state index in [1.165, 1.54) is 5.56 Å². The molecule has 94 valence electrons. The van der Waals surface area contributed by atoms with Crippen LogP contribution in [0.5, 0.6) is 5.75 Å². The Labute approximate surface area is 104 Å². The number of nitrogens with one attached hydrogen (secondary N) is 1. The number of rotatable bonds is 3. The lowest BCUT2D eigenvalue weighted by Crippen LogP contribution is -2.40. The number of benzene rings is 1. The molecule has 1 aliphatic heterocycles. The number of hydrogen-bond acceptors (Lipinski definition) is 2. The summed E-state index contributed by atoms with van der Waals surface area (Å²) in [4.78, 5) is 0. The van der Waals surface area contributed by atoms with Crippen LogP contribution in [0.25, 0.3) is 0 Å². The third-order valence-electron chi connectivity index (χ3n) is 3.77. The van der Waals surface area contributed by atoms with Gasteiger partial charge in [-0.3, -0.25) is 0 Å². The van der Waals surface area contributed by atoms with E-state index in [1.807, 2.05) is 6.07 Å². The van der Waals surface area contributed by atoms with Crippen molar-refractivity contribution in [3.8, 4) is 5.75 Å². The Morgan fingerprint density at radius 1 is 1.35 bits per heavy atom. The smallest absolute Gasteiger partial charge is 0.122 e. The van der Waals surface area contributed by atoms with Crippen LogP contribution in [0.3, 0.4) is 0 Å². The number of ether oxygens (including phenoxy) is 1. The molecule has 2 heteroatoms. The summed E-state index contributed by atoms with van der Waals surface area (Å²) >= 11 is 0. The van der Waals surface area contributed by atoms with E-state index >= 15 is 0 Å². The monoisotopic (exact) mass is 233 g/mol. The predicted molar refractivity (Wildman–Crippen MR) is 71.6 cm³/mol. The lowest BCUT2D eigenvalue weighted by molar-refractivity contribution is 0.269. The molecule has 0 aliphatic carbocycles. The van der Waals surface area contributed by atoms with E-state index in [9.17, 15) is 0 Å². The zero-order valence-electron chi connectivity index (χ0n) is 11.3. The molecule has 0 saturated heterocycles. The molecule has 0 spiro atoms. The predicted octanol–water partition coefficient (Wildman–Crippen LogP) is 3.19. The fourth-order valence-electron chi connectivity index (χ4n) is 2.02. The van der Waals surface area contributed by atoms with Crippen LogP contribution in [0.4, 0.5) is 0 Å². The standard InChI is InChI=1S/C15H23NO/c1-11(15(2,3)4)16-9-12-10-17-14-8-6-5-7-13(12)14/h5-8,11-12,16H,9-10H2,1-4H3. The van der Waals surface area contributed by atoms with Crippen LogP contribution >= 0.6 is 0 Å². The minimum Gasteiger partial charge on any atom is -0.493 e. The molecule has 1 aromatic carbocycles. The number of fused-ring (bicyclic) bond motifs is 1. The Morgan fingerprint density at radius 2 is 2.06 bits per heavy atom. The maximum atomic E-state index is 5.69. The molecular weight excluding hydrogens is 210 g/mol. The molecule has 1 aromatic rings. The lowest BCUT2D eigenvalue weighted by Gasteiger charge is -2.29. The Balaban J connectivity index is 1.94. The third kappa shape index (κ3) is 2.81. The lowest BCUT2D eigenvalue weighted by atomic mass is 9.87. The molecule has 1 N–H and O–H groups in total. The van der Waals surface area contributed by atoms with E-state index in [4.69, 9.17) is 4.74 Å². The molecule has 0 radical (unpaired) electrons. The van der Waals surface area contributed by atoms with Crippen molar-refractivity contribution in [2.75, 3.05) is 13.2 Å². The summed E-state index contributed by atoms with van der Waals surface area (Å²) in [5, 5.41) is 3.63. The van der Waals surface area contributed by atoms with Gasteiger partial charge >= 0.3 is 0 Å². The summed E-state index contributed by atoms with van der Waals surface area (Å²) in [5.74, 6) is 1.55. The van der Waals surface area contributed by atoms with Gasteiger partial charge in [-0.1, -0.05) is 39.0 Å². The van der Waals surface area contributed by atoms with Gasteiger partial charge in [-0.05, 0) is 18.4 Å². The van der Waals surface area contributed by atoms with Crippen LogP contribution in [0.2, 0.25) is 0 Å². The van der Waals surface area contributed by atoms with Crippen molar-refractivity contribution in [2.45, 2.75) is 39.7 Å². The Morgan fingerprint density at radius 3 is 2.76 bits per heavy atom. The van der Waals surface area contributed by atoms with Crippen molar-refractivity contribution < 1.29 is 4.74 Å². The third-order valence-corrected chi connectivity index (χ3v) is 3.77. The van der Waals surface area contributed by atoms with Gasteiger partial charge in [0.05, 0.1) is 6.61 Å². The summed E-state index contributed by atoms with van der Waals surface area (Å²) in [6.07, 6.45) is 0. The Kier molecular flexibility index (Phi) is 3.43. The van der Waals surface area contributed by atoms with Crippen LogP contribution < -0.4 is 10.1 Å². The zero-order chi connectivity index (χ0) is 12.5. The van der Waals surface area contributed by atoms with Crippen molar-refractivity contribution >= 4 is 0 Å². The van der Waals surface area contributed by atoms with E-state index in [0.717, 1.165) is 18.9 Å². The molecule has 0 aromatic heterocycles. The summed E-state index contributed by atoms with van der Waals surface area (Å²) in [6, 6.07) is 8.87. The summed E-state index contributed by atoms with van der Waals surface area (Å²) in [7, 11) is 0. The summed E-state index contributed by atoms with van der Waals surface area (Å²) in [6.45, 7) is 10.9. The number of hydrogen-bond donors (Lipinski definition) is 1. The topological polar surface area (TPSA) is 21.3 Å². The summed E-state index contributed by atoms with van der Waals surface area (Å²) < 4.78 is 5.69. The molecular formula is C15H23NO. The van der Waals surface area contributed by atoms with E-state index < -0.39 is 0 Å². The zero-order valence-corrected chi connectivity index (χ0v) is 11.3. The van der Waals surface area contributed by atoms with Crippen LogP contribution in [-0.4, -0.2) is 19.2 Å². The van der Waals surface area contributed by atoms with Gasteiger partial charge < -0.3 is 10.1 Å². The average Bonchev–Trinajstić information content (AvgIpc) is 2.68. The first-order chi connectivity index (χ1) is 7.98. The molecule has 1 heterocycles. The molecule has 2 atom stereocenters. The van der Waals surface area contributed by atoms with Crippen LogP contribution in [0, 0.1) is 5.41 Å². The highest BCUT2D eigenvalue weighted by Gasteiger charge is 2.26. The van der Waals surface area contributed by atoms with Crippen molar-refractivity contribution in [1.29, 1.82) is 0 Å². The van der Waals surface area contributed by atoms with Gasteiger partial charge in [0, 0.05) is 24.1 Å². The average molecular weight is 233 g/mol. The molecule has 0 saturated carbocycles. The Bertz CT molecular complexity index is 381. The minimum absolute atomic E-state index is 0.305. The molecule has 0 bridgehead atoms. The largest absolute Gasteiger partial charge is 0.493 e. The normalized spacial score (nSPS) is 20.8. The molecule has 2 unspecified atom stereocenters. The maximum Gasteiger partial charge on any atom is 0.122 e. The van der Waals surface area contributed by atoms with Gasteiger partial charge in [-0.25, -0.2) is 0 Å². The first kappa shape index (κ1) is 12.4. The second kappa shape index (κ2) is 4.69. The van der Waals surface area contributed by atoms with Gasteiger partial charge in [0.15, 0.2) is 0 Å². The minimum atomic E-state index is 0.305. The quantitative estimate of drug-likeness (QED) is 0.865. The highest BCUT2D eigenvalue weighted by atomic mass is 16.5. The SMILES string of the molecule is CC(NCC1COc2ccccc21)C(C)(C)C. The van der Waals surface area contributed by atoms with E-state index in [-0.39, 0.29) is 0 Å². The van der Waals surface area contributed by atoms with Gasteiger partial charge in [-0.2, -0.15) is 0 Å². The fraction of sp³-hybridized carbons (Fsp3) is 0.600. The van der Waals surface area contributed by atoms with Crippen molar-refractivity contribution in [3.63, 3.8) is 0 Å². The second-order valence-electron chi connectivity index (χ2n) is 6.04. The van der Waals surface area contributed by atoms with Crippen LogP contribution in [-0.2, 0) is 0 Å². The van der Waals surface area contributed by atoms with Crippen molar-refractivity contribution in [1.82, 2.24) is 5.32 Å². The fourth-order valence-corrected chi connectivity index (χ4v) is 2.02.